The molecule has 3 aromatic carbocycles. The van der Waals surface area contributed by atoms with E-state index in [9.17, 15) is 9.18 Å². The van der Waals surface area contributed by atoms with E-state index in [1.807, 2.05) is 85.7 Å². The van der Waals surface area contributed by atoms with Crippen molar-refractivity contribution in [3.8, 4) is 10.4 Å². The van der Waals surface area contributed by atoms with Gasteiger partial charge in [0.2, 0.25) is 5.91 Å². The van der Waals surface area contributed by atoms with Crippen molar-refractivity contribution in [2.75, 3.05) is 37.9 Å². The number of hydrogen-bond donors (Lipinski definition) is 2. The second kappa shape index (κ2) is 14.0. The number of halogens is 1. The van der Waals surface area contributed by atoms with E-state index in [1.165, 1.54) is 12.1 Å². The van der Waals surface area contributed by atoms with E-state index in [4.69, 9.17) is 4.74 Å². The van der Waals surface area contributed by atoms with E-state index in [0.29, 0.717) is 25.6 Å². The molecule has 42 heavy (non-hydrogen) atoms. The lowest BCUT2D eigenvalue weighted by atomic mass is 10.1. The Morgan fingerprint density at radius 2 is 1.83 bits per heavy atom. The maximum Gasteiger partial charge on any atom is 0.248 e. The van der Waals surface area contributed by atoms with Crippen LogP contribution in [0.5, 0.6) is 0 Å². The predicted molar refractivity (Wildman–Crippen MR) is 168 cm³/mol. The summed E-state index contributed by atoms with van der Waals surface area (Å²) in [6, 6.07) is 26.1. The van der Waals surface area contributed by atoms with Gasteiger partial charge in [-0.2, -0.15) is 0 Å². The third-order valence-electron chi connectivity index (χ3n) is 6.46. The van der Waals surface area contributed by atoms with Crippen LogP contribution in [0.4, 0.5) is 15.9 Å². The summed E-state index contributed by atoms with van der Waals surface area (Å²) in [5, 5.41) is 7.36. The largest absolute Gasteiger partial charge is 0.374 e. The van der Waals surface area contributed by atoms with Crippen LogP contribution in [0.25, 0.3) is 20.7 Å². The number of hydrogen-bond acceptors (Lipinski definition) is 7. The van der Waals surface area contributed by atoms with Crippen molar-refractivity contribution < 1.29 is 13.9 Å². The number of ether oxygens (including phenoxy) is 1. The molecule has 0 radical (unpaired) electrons. The molecule has 0 unspecified atom stereocenters. The molecule has 0 saturated carbocycles. The number of amides is 1. The second-order valence-corrected chi connectivity index (χ2v) is 11.1. The SMILES string of the molecule is CN(C)C/C=C/C(=O)Nc1ccc(-c2cc3c(N[C@H](COCc4cccc(F)c4)c4ccccc4)ncnc3s2)cc1. The van der Waals surface area contributed by atoms with Crippen LogP contribution in [0.15, 0.2) is 103 Å². The number of likely N-dealkylation sites (N-methyl/N-ethyl adjacent to an activating group) is 1. The van der Waals surface area contributed by atoms with Crippen LogP contribution >= 0.6 is 11.3 Å². The second-order valence-electron chi connectivity index (χ2n) is 10.0. The van der Waals surface area contributed by atoms with E-state index < -0.39 is 0 Å². The quantitative estimate of drug-likeness (QED) is 0.156. The van der Waals surface area contributed by atoms with Crippen molar-refractivity contribution in [2.24, 2.45) is 0 Å². The first-order valence-electron chi connectivity index (χ1n) is 13.6. The minimum atomic E-state index is -0.280. The number of carbonyl (C=O) groups is 1. The number of thiophene rings is 1. The van der Waals surface area contributed by atoms with Gasteiger partial charge in [0.05, 0.1) is 24.6 Å². The molecule has 1 amide bonds. The van der Waals surface area contributed by atoms with Crippen molar-refractivity contribution in [1.29, 1.82) is 0 Å². The highest BCUT2D eigenvalue weighted by atomic mass is 32.1. The molecule has 9 heteroatoms. The molecular formula is C33H32FN5O2S. The summed E-state index contributed by atoms with van der Waals surface area (Å²) in [5.74, 6) is 0.266. The minimum absolute atomic E-state index is 0.162. The van der Waals surface area contributed by atoms with Gasteiger partial charge < -0.3 is 20.3 Å². The van der Waals surface area contributed by atoms with Crippen LogP contribution in [-0.4, -0.2) is 48.0 Å². The van der Waals surface area contributed by atoms with E-state index in [0.717, 1.165) is 37.5 Å². The number of aromatic nitrogens is 2. The fourth-order valence-electron chi connectivity index (χ4n) is 4.38. The van der Waals surface area contributed by atoms with Gasteiger partial charge in [-0.15, -0.1) is 11.3 Å². The number of benzene rings is 3. The average molecular weight is 582 g/mol. The van der Waals surface area contributed by atoms with Crippen molar-refractivity contribution in [3.05, 3.63) is 120 Å². The molecule has 5 rings (SSSR count). The first-order valence-corrected chi connectivity index (χ1v) is 14.4. The number of nitrogens with one attached hydrogen (secondary N) is 2. The topological polar surface area (TPSA) is 79.4 Å². The maximum atomic E-state index is 13.6. The summed E-state index contributed by atoms with van der Waals surface area (Å²) in [7, 11) is 3.90. The molecule has 1 atom stereocenters. The van der Waals surface area contributed by atoms with E-state index >= 15 is 0 Å². The Labute approximate surface area is 248 Å². The lowest BCUT2D eigenvalue weighted by Crippen LogP contribution is -2.18. The maximum absolute atomic E-state index is 13.6. The van der Waals surface area contributed by atoms with Gasteiger partial charge in [-0.25, -0.2) is 14.4 Å². The molecule has 5 aromatic rings. The standard InChI is InChI=1S/C33H32FN5O2S/c1-39(2)17-7-12-31(40)37-27-15-13-25(14-16-27)30-19-28-32(35-22-36-33(28)42-30)38-29(24-9-4-3-5-10-24)21-41-20-23-8-6-11-26(34)18-23/h3-16,18-19,22,29H,17,20-21H2,1-2H3,(H,37,40)(H,35,36,38)/b12-7+/t29-/m1/s1. The number of nitrogens with zero attached hydrogens (tertiary/aromatic N) is 3. The van der Waals surface area contributed by atoms with Gasteiger partial charge in [-0.3, -0.25) is 4.79 Å². The Bertz CT molecular complexity index is 1650. The van der Waals surface area contributed by atoms with Gasteiger partial charge in [-0.1, -0.05) is 60.7 Å². The first kappa shape index (κ1) is 29.1. The summed E-state index contributed by atoms with van der Waals surface area (Å²) >= 11 is 1.58. The Hall–Kier alpha value is -4.44. The molecule has 0 aliphatic heterocycles. The predicted octanol–water partition coefficient (Wildman–Crippen LogP) is 6.92. The zero-order valence-electron chi connectivity index (χ0n) is 23.5. The molecule has 7 nitrogen and oxygen atoms in total. The average Bonchev–Trinajstić information content (AvgIpc) is 3.43. The highest BCUT2D eigenvalue weighted by Crippen LogP contribution is 2.36. The van der Waals surface area contributed by atoms with Crippen molar-refractivity contribution in [2.45, 2.75) is 12.6 Å². The molecular weight excluding hydrogens is 549 g/mol. The van der Waals surface area contributed by atoms with Gasteiger partial charge in [0.1, 0.15) is 22.8 Å². The zero-order valence-corrected chi connectivity index (χ0v) is 24.3. The van der Waals surface area contributed by atoms with E-state index in [2.05, 4.69) is 26.7 Å². The van der Waals surface area contributed by atoms with Gasteiger partial charge in [0.25, 0.3) is 0 Å². The Morgan fingerprint density at radius 3 is 2.60 bits per heavy atom. The molecule has 2 N–H and O–H groups in total. The molecule has 0 bridgehead atoms. The van der Waals surface area contributed by atoms with Gasteiger partial charge in [0, 0.05) is 23.2 Å². The Morgan fingerprint density at radius 1 is 1.02 bits per heavy atom. The van der Waals surface area contributed by atoms with Crippen LogP contribution in [0, 0.1) is 5.82 Å². The summed E-state index contributed by atoms with van der Waals surface area (Å²) < 4.78 is 19.6. The number of anilines is 2. The molecule has 0 aliphatic carbocycles. The summed E-state index contributed by atoms with van der Waals surface area (Å²) in [6.45, 7) is 1.36. The summed E-state index contributed by atoms with van der Waals surface area (Å²) in [5.41, 5.74) is 3.57. The third kappa shape index (κ3) is 7.85. The molecule has 0 saturated heterocycles. The third-order valence-corrected chi connectivity index (χ3v) is 7.55. The molecule has 0 fully saturated rings. The summed E-state index contributed by atoms with van der Waals surface area (Å²) in [6.07, 6.45) is 4.93. The Kier molecular flexibility index (Phi) is 9.66. The highest BCUT2D eigenvalue weighted by molar-refractivity contribution is 7.21. The van der Waals surface area contributed by atoms with Gasteiger partial charge >= 0.3 is 0 Å². The fraction of sp³-hybridized carbons (Fsp3) is 0.182. The van der Waals surface area contributed by atoms with Gasteiger partial charge in [-0.05, 0) is 61.1 Å². The van der Waals surface area contributed by atoms with Crippen molar-refractivity contribution in [3.63, 3.8) is 0 Å². The fourth-order valence-corrected chi connectivity index (χ4v) is 5.38. The number of rotatable bonds is 12. The van der Waals surface area contributed by atoms with E-state index in [1.54, 1.807) is 29.8 Å². The lowest BCUT2D eigenvalue weighted by molar-refractivity contribution is -0.111. The Balaban J connectivity index is 1.31. The van der Waals surface area contributed by atoms with Crippen LogP contribution in [0.3, 0.4) is 0 Å². The zero-order chi connectivity index (χ0) is 29.3. The monoisotopic (exact) mass is 581 g/mol. The number of fused-ring (bicyclic) bond motifs is 1. The molecule has 214 valence electrons. The van der Waals surface area contributed by atoms with Crippen LogP contribution in [0.2, 0.25) is 0 Å². The molecule has 2 heterocycles. The first-order chi connectivity index (χ1) is 20.4. The van der Waals surface area contributed by atoms with Crippen LogP contribution in [0.1, 0.15) is 17.2 Å². The molecule has 0 aliphatic rings. The van der Waals surface area contributed by atoms with Crippen LogP contribution < -0.4 is 10.6 Å². The highest BCUT2D eigenvalue weighted by Gasteiger charge is 2.17. The number of carbonyl (C=O) groups excluding carboxylic acids is 1. The van der Waals surface area contributed by atoms with Crippen molar-refractivity contribution in [1.82, 2.24) is 14.9 Å². The van der Waals surface area contributed by atoms with E-state index in [-0.39, 0.29) is 17.8 Å². The van der Waals surface area contributed by atoms with Crippen molar-refractivity contribution >= 4 is 39.0 Å². The van der Waals surface area contributed by atoms with Gasteiger partial charge in [0.15, 0.2) is 0 Å². The minimum Gasteiger partial charge on any atom is -0.374 e. The van der Waals surface area contributed by atoms with Crippen LogP contribution in [-0.2, 0) is 16.1 Å². The summed E-state index contributed by atoms with van der Waals surface area (Å²) in [4.78, 5) is 25.1. The smallest absolute Gasteiger partial charge is 0.248 e. The molecule has 0 spiro atoms. The normalized spacial score (nSPS) is 12.2. The lowest BCUT2D eigenvalue weighted by Gasteiger charge is -2.20. The molecule has 2 aromatic heterocycles.